The number of urea groups is 1. The highest BCUT2D eigenvalue weighted by molar-refractivity contribution is 8.13. The Balaban J connectivity index is 2.03. The van der Waals surface area contributed by atoms with Crippen LogP contribution in [0, 0.1) is 11.5 Å². The predicted octanol–water partition coefficient (Wildman–Crippen LogP) is 2.57. The van der Waals surface area contributed by atoms with Gasteiger partial charge in [-0.1, -0.05) is 42.1 Å². The Kier molecular flexibility index (Phi) is 7.03. The van der Waals surface area contributed by atoms with Crippen molar-refractivity contribution < 1.29 is 9.59 Å². The molecule has 0 heterocycles. The number of nitrogens with one attached hydrogen (secondary N) is 4. The van der Waals surface area contributed by atoms with E-state index in [0.29, 0.717) is 16.5 Å². The van der Waals surface area contributed by atoms with Crippen LogP contribution in [-0.2, 0) is 0 Å². The van der Waals surface area contributed by atoms with Crippen LogP contribution in [0.5, 0.6) is 0 Å². The fourth-order valence-corrected chi connectivity index (χ4v) is 2.25. The number of carbonyl (C=O) groups is 2. The maximum Gasteiger partial charge on any atom is 0.337 e. The van der Waals surface area contributed by atoms with Gasteiger partial charge in [0.15, 0.2) is 11.4 Å². The van der Waals surface area contributed by atoms with Crippen LogP contribution >= 0.6 is 11.8 Å². The molecule has 0 fully saturated rings. The summed E-state index contributed by atoms with van der Waals surface area (Å²) in [6, 6.07) is 14.8. The van der Waals surface area contributed by atoms with E-state index in [-0.39, 0.29) is 5.56 Å². The van der Waals surface area contributed by atoms with Gasteiger partial charge in [0, 0.05) is 5.69 Å². The van der Waals surface area contributed by atoms with Crippen LogP contribution in [0.1, 0.15) is 10.4 Å². The van der Waals surface area contributed by atoms with Gasteiger partial charge in [-0.05, 0) is 30.5 Å². The largest absolute Gasteiger partial charge is 0.337 e. The van der Waals surface area contributed by atoms with Crippen LogP contribution in [0.25, 0.3) is 0 Å². The van der Waals surface area contributed by atoms with Crippen LogP contribution in [-0.4, -0.2) is 23.4 Å². The van der Waals surface area contributed by atoms with Gasteiger partial charge in [0.1, 0.15) is 0 Å². The topological polar surface area (TPSA) is 118 Å². The molecule has 9 heteroatoms. The Bertz CT molecular complexity index is 848. The number of hydrazine groups is 1. The second-order valence-electron chi connectivity index (χ2n) is 4.77. The average molecular weight is 368 g/mol. The van der Waals surface area contributed by atoms with Gasteiger partial charge >= 0.3 is 6.03 Å². The van der Waals surface area contributed by atoms with Gasteiger partial charge < -0.3 is 5.32 Å². The van der Waals surface area contributed by atoms with E-state index in [9.17, 15) is 9.59 Å². The molecule has 0 radical (unpaired) electrons. The van der Waals surface area contributed by atoms with Gasteiger partial charge in [-0.15, -0.1) is 0 Å². The number of benzene rings is 2. The van der Waals surface area contributed by atoms with Crippen molar-refractivity contribution in [2.75, 3.05) is 11.6 Å². The average Bonchev–Trinajstić information content (AvgIpc) is 2.67. The zero-order chi connectivity index (χ0) is 18.8. The van der Waals surface area contributed by atoms with Crippen molar-refractivity contribution in [3.05, 3.63) is 60.2 Å². The first-order valence-corrected chi connectivity index (χ1v) is 8.65. The first-order chi connectivity index (χ1) is 12.6. The maximum absolute atomic E-state index is 12.3. The lowest BCUT2D eigenvalue weighted by molar-refractivity contribution is 0.0938. The summed E-state index contributed by atoms with van der Waals surface area (Å²) in [4.78, 5) is 28.4. The number of carbonyl (C=O) groups excluding carboxylic acids is 2. The molecule has 3 amide bonds. The second-order valence-corrected chi connectivity index (χ2v) is 5.57. The predicted molar refractivity (Wildman–Crippen MR) is 102 cm³/mol. The Morgan fingerprint density at radius 2 is 1.73 bits per heavy atom. The Hall–Kier alpha value is -3.51. The molecule has 0 aromatic heterocycles. The highest BCUT2D eigenvalue weighted by Crippen LogP contribution is 2.19. The third kappa shape index (κ3) is 5.54. The normalized spacial score (nSPS) is 10.4. The molecule has 0 aliphatic carbocycles. The van der Waals surface area contributed by atoms with Crippen molar-refractivity contribution in [2.45, 2.75) is 0 Å². The highest BCUT2D eigenvalue weighted by Gasteiger charge is 2.12. The summed E-state index contributed by atoms with van der Waals surface area (Å²) in [5.74, 6) is -0.537. The van der Waals surface area contributed by atoms with Crippen molar-refractivity contribution in [3.63, 3.8) is 0 Å². The quantitative estimate of drug-likeness (QED) is 0.218. The molecule has 0 aliphatic heterocycles. The second kappa shape index (κ2) is 9.71. The maximum atomic E-state index is 12.3. The van der Waals surface area contributed by atoms with Crippen molar-refractivity contribution in [3.8, 4) is 6.19 Å². The van der Waals surface area contributed by atoms with E-state index in [4.69, 9.17) is 5.26 Å². The lowest BCUT2D eigenvalue weighted by atomic mass is 10.2. The van der Waals surface area contributed by atoms with E-state index in [2.05, 4.69) is 26.5 Å². The Labute approximate surface area is 154 Å². The van der Waals surface area contributed by atoms with E-state index < -0.39 is 11.9 Å². The molecular weight excluding hydrogens is 352 g/mol. The van der Waals surface area contributed by atoms with Crippen LogP contribution in [0.15, 0.2) is 59.6 Å². The summed E-state index contributed by atoms with van der Waals surface area (Å²) in [6.07, 6.45) is 3.53. The molecule has 0 bridgehead atoms. The number of nitrogens with zero attached hydrogens (tertiary/aromatic N) is 2. The minimum absolute atomic E-state index is 0.249. The molecule has 4 N–H and O–H groups in total. The lowest BCUT2D eigenvalue weighted by Gasteiger charge is -2.10. The lowest BCUT2D eigenvalue weighted by Crippen LogP contribution is -2.43. The van der Waals surface area contributed by atoms with E-state index in [1.165, 1.54) is 11.8 Å². The van der Waals surface area contributed by atoms with Gasteiger partial charge in [-0.3, -0.25) is 15.5 Å². The molecule has 8 nitrogen and oxygen atoms in total. The van der Waals surface area contributed by atoms with Gasteiger partial charge in [0.25, 0.3) is 5.91 Å². The summed E-state index contributed by atoms with van der Waals surface area (Å²) in [5, 5.41) is 14.1. The number of amides is 3. The molecule has 0 spiro atoms. The van der Waals surface area contributed by atoms with E-state index in [1.807, 2.05) is 6.07 Å². The zero-order valence-electron chi connectivity index (χ0n) is 13.8. The standard InChI is InChI=1S/C17H16N6O2S/c1-26-17(19-11-18)21-14-10-6-5-9-13(14)15(24)22-23-16(25)20-12-7-3-2-4-8-12/h2-10H,1H3,(H,19,21)(H,22,24)(H2,20,23,25). The molecule has 0 saturated heterocycles. The number of aliphatic imine (C=N–C) groups is 1. The van der Waals surface area contributed by atoms with E-state index in [0.717, 1.165) is 0 Å². The summed E-state index contributed by atoms with van der Waals surface area (Å²) >= 11 is 1.23. The Morgan fingerprint density at radius 3 is 2.42 bits per heavy atom. The van der Waals surface area contributed by atoms with Crippen molar-refractivity contribution in [1.82, 2.24) is 16.2 Å². The molecule has 0 atom stereocenters. The number of nitriles is 1. The van der Waals surface area contributed by atoms with Crippen LogP contribution < -0.4 is 21.5 Å². The minimum atomic E-state index is -0.582. The number of anilines is 1. The van der Waals surface area contributed by atoms with Crippen molar-refractivity contribution in [2.24, 2.45) is 4.99 Å². The van der Waals surface area contributed by atoms with Gasteiger partial charge in [0.05, 0.1) is 11.3 Å². The molecule has 0 unspecified atom stereocenters. The van der Waals surface area contributed by atoms with Gasteiger partial charge in [-0.2, -0.15) is 5.26 Å². The van der Waals surface area contributed by atoms with Crippen molar-refractivity contribution >= 4 is 40.2 Å². The zero-order valence-corrected chi connectivity index (χ0v) is 14.6. The van der Waals surface area contributed by atoms with Crippen LogP contribution in [0.2, 0.25) is 0 Å². The third-order valence-corrected chi connectivity index (χ3v) is 3.63. The third-order valence-electron chi connectivity index (χ3n) is 3.05. The number of hydrogen-bond acceptors (Lipinski definition) is 5. The smallest absolute Gasteiger partial charge is 0.307 e. The van der Waals surface area contributed by atoms with E-state index in [1.54, 1.807) is 61.0 Å². The number of para-hydroxylation sites is 2. The molecular formula is C17H16N6O2S. The first-order valence-electron chi connectivity index (χ1n) is 7.43. The number of hydrogen-bond donors (Lipinski definition) is 4. The first kappa shape index (κ1) is 18.8. The summed E-state index contributed by atoms with van der Waals surface area (Å²) in [7, 11) is 0. The minimum Gasteiger partial charge on any atom is -0.307 e. The van der Waals surface area contributed by atoms with Gasteiger partial charge in [0.2, 0.25) is 0 Å². The molecule has 26 heavy (non-hydrogen) atoms. The fraction of sp³-hybridized carbons (Fsp3) is 0.0588. The summed E-state index contributed by atoms with van der Waals surface area (Å²) < 4.78 is 0. The number of thioether (sulfide) groups is 1. The summed E-state index contributed by atoms with van der Waals surface area (Å²) in [5.41, 5.74) is 5.80. The van der Waals surface area contributed by atoms with Crippen LogP contribution in [0.4, 0.5) is 16.2 Å². The SMILES string of the molecule is CSC(=Nc1ccccc1C(=O)NNC(=O)Nc1ccccc1)NC#N. The number of amidine groups is 1. The highest BCUT2D eigenvalue weighted by atomic mass is 32.2. The summed E-state index contributed by atoms with van der Waals surface area (Å²) in [6.45, 7) is 0. The molecule has 2 rings (SSSR count). The molecule has 132 valence electrons. The van der Waals surface area contributed by atoms with E-state index >= 15 is 0 Å². The molecule has 0 aliphatic rings. The molecule has 0 saturated carbocycles. The monoisotopic (exact) mass is 368 g/mol. The Morgan fingerprint density at radius 1 is 1.04 bits per heavy atom. The molecule has 2 aromatic rings. The molecule has 2 aromatic carbocycles. The fourth-order valence-electron chi connectivity index (χ4n) is 1.91. The van der Waals surface area contributed by atoms with Crippen LogP contribution in [0.3, 0.4) is 0 Å². The number of rotatable bonds is 3. The van der Waals surface area contributed by atoms with Gasteiger partial charge in [-0.25, -0.2) is 15.2 Å². The van der Waals surface area contributed by atoms with Crippen molar-refractivity contribution in [1.29, 1.82) is 5.26 Å².